The van der Waals surface area contributed by atoms with Crippen LogP contribution in [-0.4, -0.2) is 63.2 Å². The number of aliphatic hydroxyl groups is 1. The van der Waals surface area contributed by atoms with Gasteiger partial charge in [-0.2, -0.15) is 4.98 Å². The van der Waals surface area contributed by atoms with Crippen molar-refractivity contribution in [2.24, 2.45) is 0 Å². The van der Waals surface area contributed by atoms with E-state index in [4.69, 9.17) is 4.52 Å². The van der Waals surface area contributed by atoms with Gasteiger partial charge in [0.1, 0.15) is 6.04 Å². The van der Waals surface area contributed by atoms with Crippen LogP contribution in [0.1, 0.15) is 38.0 Å². The van der Waals surface area contributed by atoms with Gasteiger partial charge in [0.25, 0.3) is 0 Å². The number of likely N-dealkylation sites (N-methyl/N-ethyl adjacent to an activating group) is 1. The molecule has 1 aliphatic rings. The summed E-state index contributed by atoms with van der Waals surface area (Å²) in [6, 6.07) is -0.0873. The van der Waals surface area contributed by atoms with Crippen molar-refractivity contribution in [1.82, 2.24) is 19.9 Å². The lowest BCUT2D eigenvalue weighted by molar-refractivity contribution is -0.138. The Hall–Kier alpha value is -1.47. The number of rotatable bonds is 3. The molecule has 1 aliphatic heterocycles. The van der Waals surface area contributed by atoms with Gasteiger partial charge in [0.2, 0.25) is 11.8 Å². The maximum Gasteiger partial charge on any atom is 0.245 e. The second kappa shape index (κ2) is 5.49. The third-order valence-electron chi connectivity index (χ3n) is 3.41. The first kappa shape index (κ1) is 14.9. The van der Waals surface area contributed by atoms with Crippen molar-refractivity contribution in [2.75, 3.05) is 26.7 Å². The summed E-state index contributed by atoms with van der Waals surface area (Å²) in [4.78, 5) is 20.3. The number of carbonyl (C=O) groups is 1. The zero-order chi connectivity index (χ0) is 14.9. The van der Waals surface area contributed by atoms with Crippen molar-refractivity contribution in [3.63, 3.8) is 0 Å². The minimum absolute atomic E-state index is 0.0492. The second-order valence-electron chi connectivity index (χ2n) is 6.01. The summed E-state index contributed by atoms with van der Waals surface area (Å²) < 4.78 is 5.21. The minimum Gasteiger partial charge on any atom is -0.390 e. The monoisotopic (exact) mass is 282 g/mol. The van der Waals surface area contributed by atoms with Crippen LogP contribution in [0, 0.1) is 6.92 Å². The summed E-state index contributed by atoms with van der Waals surface area (Å²) in [5.74, 6) is 1.07. The molecule has 1 aromatic heterocycles. The Kier molecular flexibility index (Phi) is 4.10. The lowest BCUT2D eigenvalue weighted by Crippen LogP contribution is -2.50. The van der Waals surface area contributed by atoms with E-state index < -0.39 is 5.60 Å². The summed E-state index contributed by atoms with van der Waals surface area (Å²) in [7, 11) is 1.97. The zero-order valence-electron chi connectivity index (χ0n) is 12.5. The molecule has 20 heavy (non-hydrogen) atoms. The summed E-state index contributed by atoms with van der Waals surface area (Å²) in [5, 5.41) is 13.6. The normalized spacial score (nSPS) is 21.2. The van der Waals surface area contributed by atoms with Crippen LogP contribution in [0.3, 0.4) is 0 Å². The predicted octanol–water partition coefficient (Wildman–Crippen LogP) is 0.354. The highest BCUT2D eigenvalue weighted by Gasteiger charge is 2.33. The van der Waals surface area contributed by atoms with E-state index in [2.05, 4.69) is 15.0 Å². The molecule has 1 atom stereocenters. The van der Waals surface area contributed by atoms with Crippen LogP contribution < -0.4 is 0 Å². The maximum absolute atomic E-state index is 12.2. The van der Waals surface area contributed by atoms with Gasteiger partial charge in [-0.25, -0.2) is 0 Å². The minimum atomic E-state index is -0.989. The highest BCUT2D eigenvalue weighted by molar-refractivity contribution is 5.77. The van der Waals surface area contributed by atoms with Crippen LogP contribution in [-0.2, 0) is 4.79 Å². The Labute approximate surface area is 118 Å². The van der Waals surface area contributed by atoms with Crippen LogP contribution >= 0.6 is 0 Å². The van der Waals surface area contributed by atoms with E-state index in [1.807, 2.05) is 7.05 Å². The number of nitrogens with zero attached hydrogens (tertiary/aromatic N) is 4. The van der Waals surface area contributed by atoms with Gasteiger partial charge in [0, 0.05) is 19.6 Å². The number of aryl methyl sites for hydroxylation is 1. The van der Waals surface area contributed by atoms with Gasteiger partial charge in [-0.15, -0.1) is 0 Å². The van der Waals surface area contributed by atoms with Crippen LogP contribution in [0.4, 0.5) is 0 Å². The predicted molar refractivity (Wildman–Crippen MR) is 71.9 cm³/mol. The number of amides is 1. The Morgan fingerprint density at radius 2 is 2.20 bits per heavy atom. The summed E-state index contributed by atoms with van der Waals surface area (Å²) in [5.41, 5.74) is -0.989. The number of hydrogen-bond donors (Lipinski definition) is 1. The summed E-state index contributed by atoms with van der Waals surface area (Å²) in [6.45, 7) is 6.94. The highest BCUT2D eigenvalue weighted by Crippen LogP contribution is 2.23. The van der Waals surface area contributed by atoms with E-state index in [1.54, 1.807) is 25.7 Å². The van der Waals surface area contributed by atoms with Crippen molar-refractivity contribution in [2.45, 2.75) is 38.8 Å². The van der Waals surface area contributed by atoms with Gasteiger partial charge in [0.05, 0.1) is 12.0 Å². The lowest BCUT2D eigenvalue weighted by atomic mass is 10.0. The number of aromatic nitrogens is 2. The molecule has 7 heteroatoms. The van der Waals surface area contributed by atoms with Crippen molar-refractivity contribution in [3.05, 3.63) is 11.7 Å². The standard InChI is InChI=1S/C13H22N4O3/c1-9-14-12(20-15-9)10-8-17(6-5-16(10)4)11(18)7-13(2,3)19/h10,19H,5-8H2,1-4H3. The van der Waals surface area contributed by atoms with Gasteiger partial charge in [-0.05, 0) is 27.8 Å². The molecule has 7 nitrogen and oxygen atoms in total. The van der Waals surface area contributed by atoms with Crippen LogP contribution in [0.5, 0.6) is 0 Å². The molecule has 0 bridgehead atoms. The largest absolute Gasteiger partial charge is 0.390 e. The molecule has 1 aromatic rings. The molecule has 0 aromatic carbocycles. The average Bonchev–Trinajstić information content (AvgIpc) is 2.74. The molecular formula is C13H22N4O3. The van der Waals surface area contributed by atoms with E-state index in [-0.39, 0.29) is 18.4 Å². The Bertz CT molecular complexity index is 480. The van der Waals surface area contributed by atoms with E-state index in [9.17, 15) is 9.90 Å². The molecule has 0 spiro atoms. The molecule has 1 N–H and O–H groups in total. The molecule has 2 rings (SSSR count). The molecule has 112 valence electrons. The van der Waals surface area contributed by atoms with Gasteiger partial charge >= 0.3 is 0 Å². The lowest BCUT2D eigenvalue weighted by Gasteiger charge is -2.38. The average molecular weight is 282 g/mol. The third-order valence-corrected chi connectivity index (χ3v) is 3.41. The molecule has 0 saturated carbocycles. The van der Waals surface area contributed by atoms with E-state index in [0.717, 1.165) is 6.54 Å². The van der Waals surface area contributed by atoms with Crippen LogP contribution in [0.25, 0.3) is 0 Å². The van der Waals surface area contributed by atoms with Crippen molar-refractivity contribution < 1.29 is 14.4 Å². The molecule has 0 aliphatic carbocycles. The van der Waals surface area contributed by atoms with Crippen molar-refractivity contribution >= 4 is 5.91 Å². The SMILES string of the molecule is Cc1noc(C2CN(C(=O)CC(C)(C)O)CCN2C)n1. The molecule has 1 amide bonds. The Morgan fingerprint density at radius 1 is 1.50 bits per heavy atom. The molecule has 1 fully saturated rings. The molecule has 0 radical (unpaired) electrons. The van der Waals surface area contributed by atoms with Crippen molar-refractivity contribution in [1.29, 1.82) is 0 Å². The number of carbonyl (C=O) groups excluding carboxylic acids is 1. The fourth-order valence-electron chi connectivity index (χ4n) is 2.30. The first-order valence-corrected chi connectivity index (χ1v) is 6.77. The topological polar surface area (TPSA) is 82.7 Å². The Balaban J connectivity index is 2.06. The van der Waals surface area contributed by atoms with Crippen LogP contribution in [0.2, 0.25) is 0 Å². The second-order valence-corrected chi connectivity index (χ2v) is 6.01. The smallest absolute Gasteiger partial charge is 0.245 e. The third kappa shape index (κ3) is 3.55. The summed E-state index contributed by atoms with van der Waals surface area (Å²) in [6.07, 6.45) is 0.117. The van der Waals surface area contributed by atoms with E-state index >= 15 is 0 Å². The first-order chi connectivity index (χ1) is 9.26. The fourth-order valence-corrected chi connectivity index (χ4v) is 2.30. The number of hydrogen-bond acceptors (Lipinski definition) is 6. The highest BCUT2D eigenvalue weighted by atomic mass is 16.5. The molecular weight excluding hydrogens is 260 g/mol. The van der Waals surface area contributed by atoms with Gasteiger partial charge in [-0.3, -0.25) is 9.69 Å². The zero-order valence-corrected chi connectivity index (χ0v) is 12.5. The molecule has 2 heterocycles. The quantitative estimate of drug-likeness (QED) is 0.861. The van der Waals surface area contributed by atoms with Gasteiger partial charge in [-0.1, -0.05) is 5.16 Å². The summed E-state index contributed by atoms with van der Waals surface area (Å²) >= 11 is 0. The van der Waals surface area contributed by atoms with Crippen molar-refractivity contribution in [3.8, 4) is 0 Å². The molecule has 1 unspecified atom stereocenters. The number of piperazine rings is 1. The van der Waals surface area contributed by atoms with Gasteiger partial charge in [0.15, 0.2) is 5.82 Å². The van der Waals surface area contributed by atoms with E-state index in [0.29, 0.717) is 24.8 Å². The van der Waals surface area contributed by atoms with E-state index in [1.165, 1.54) is 0 Å². The molecule has 1 saturated heterocycles. The fraction of sp³-hybridized carbons (Fsp3) is 0.769. The Morgan fingerprint density at radius 3 is 2.75 bits per heavy atom. The van der Waals surface area contributed by atoms with Crippen LogP contribution in [0.15, 0.2) is 4.52 Å². The maximum atomic E-state index is 12.2. The first-order valence-electron chi connectivity index (χ1n) is 6.77. The van der Waals surface area contributed by atoms with Gasteiger partial charge < -0.3 is 14.5 Å².